The van der Waals surface area contributed by atoms with Crippen molar-refractivity contribution in [2.75, 3.05) is 44.0 Å². The Morgan fingerprint density at radius 2 is 1.75 bits per heavy atom. The number of rotatable bonds is 5. The van der Waals surface area contributed by atoms with E-state index in [1.807, 2.05) is 49.4 Å². The fourth-order valence-electron chi connectivity index (χ4n) is 3.78. The number of nitrogens with one attached hydrogen (secondary N) is 1. The first-order valence-corrected chi connectivity index (χ1v) is 10.4. The van der Waals surface area contributed by atoms with E-state index in [4.69, 9.17) is 29.9 Å². The minimum absolute atomic E-state index is 0.337. The quantitative estimate of drug-likeness (QED) is 0.461. The van der Waals surface area contributed by atoms with Crippen molar-refractivity contribution < 1.29 is 14.2 Å². The van der Waals surface area contributed by atoms with Crippen molar-refractivity contribution in [1.29, 1.82) is 0 Å². The maximum Gasteiger partial charge on any atom is 0.301 e. The van der Waals surface area contributed by atoms with E-state index in [0.717, 1.165) is 35.8 Å². The summed E-state index contributed by atoms with van der Waals surface area (Å²) < 4.78 is 16.7. The molecule has 1 aliphatic rings. The van der Waals surface area contributed by atoms with Crippen LogP contribution in [0.3, 0.4) is 0 Å². The van der Waals surface area contributed by atoms with Crippen molar-refractivity contribution >= 4 is 22.7 Å². The molecule has 2 aromatic heterocycles. The van der Waals surface area contributed by atoms with Crippen LogP contribution in [0.2, 0.25) is 0 Å². The van der Waals surface area contributed by atoms with Crippen LogP contribution in [0, 0.1) is 6.92 Å². The minimum Gasteiger partial charge on any atom is -0.497 e. The summed E-state index contributed by atoms with van der Waals surface area (Å²) in [6, 6.07) is 13.4. The van der Waals surface area contributed by atoms with Crippen molar-refractivity contribution in [2.45, 2.75) is 6.92 Å². The summed E-state index contributed by atoms with van der Waals surface area (Å²) in [5.74, 6) is 2.68. The second-order valence-corrected chi connectivity index (χ2v) is 7.53. The summed E-state index contributed by atoms with van der Waals surface area (Å²) in [6.07, 6.45) is 0. The smallest absolute Gasteiger partial charge is 0.301 e. The summed E-state index contributed by atoms with van der Waals surface area (Å²) in [5.41, 5.74) is 9.95. The van der Waals surface area contributed by atoms with Crippen LogP contribution < -0.4 is 20.1 Å². The highest BCUT2D eigenvalue weighted by Crippen LogP contribution is 2.33. The number of H-pyrrole nitrogens is 1. The van der Waals surface area contributed by atoms with Crippen LogP contribution in [-0.4, -0.2) is 53.3 Å². The second-order valence-electron chi connectivity index (χ2n) is 7.53. The monoisotopic (exact) mass is 432 g/mol. The lowest BCUT2D eigenvalue weighted by atomic mass is 10.1. The number of aryl methyl sites for hydroxylation is 1. The number of methoxy groups -OCH3 is 1. The maximum absolute atomic E-state index is 6.28. The summed E-state index contributed by atoms with van der Waals surface area (Å²) in [4.78, 5) is 19.6. The van der Waals surface area contributed by atoms with E-state index >= 15 is 0 Å². The predicted molar refractivity (Wildman–Crippen MR) is 122 cm³/mol. The number of hydrogen-bond acceptors (Lipinski definition) is 8. The molecule has 3 heterocycles. The molecule has 9 heteroatoms. The van der Waals surface area contributed by atoms with Gasteiger partial charge >= 0.3 is 6.01 Å². The Hall–Kier alpha value is -3.85. The molecule has 3 N–H and O–H groups in total. The lowest BCUT2D eigenvalue weighted by Crippen LogP contribution is -2.37. The fraction of sp³-hybridized carbons (Fsp3) is 0.261. The van der Waals surface area contributed by atoms with Crippen molar-refractivity contribution in [1.82, 2.24) is 19.9 Å². The Kier molecular flexibility index (Phi) is 5.24. The number of nitrogens with zero attached hydrogens (tertiary/aromatic N) is 4. The van der Waals surface area contributed by atoms with Gasteiger partial charge in [0.1, 0.15) is 17.0 Å². The number of nitrogen functional groups attached to an aromatic ring is 1. The number of aromatic nitrogens is 4. The van der Waals surface area contributed by atoms with Crippen molar-refractivity contribution in [3.05, 3.63) is 48.0 Å². The average Bonchev–Trinajstić information content (AvgIpc) is 3.22. The van der Waals surface area contributed by atoms with Crippen LogP contribution in [0.5, 0.6) is 17.5 Å². The minimum atomic E-state index is 0.337. The van der Waals surface area contributed by atoms with Gasteiger partial charge in [0.05, 0.1) is 20.3 Å². The number of fused-ring (bicyclic) bond motifs is 1. The predicted octanol–water partition coefficient (Wildman–Crippen LogP) is 3.55. The highest BCUT2D eigenvalue weighted by atomic mass is 16.5. The number of hydrogen-bond donors (Lipinski definition) is 2. The zero-order valence-electron chi connectivity index (χ0n) is 18.0. The molecule has 0 saturated carbocycles. The molecule has 1 saturated heterocycles. The third kappa shape index (κ3) is 3.78. The van der Waals surface area contributed by atoms with E-state index in [1.165, 1.54) is 0 Å². The topological polar surface area (TPSA) is 111 Å². The number of imidazole rings is 1. The molecule has 0 unspecified atom stereocenters. The molecule has 1 aliphatic heterocycles. The molecule has 0 atom stereocenters. The van der Waals surface area contributed by atoms with Crippen molar-refractivity contribution in [3.63, 3.8) is 0 Å². The van der Waals surface area contributed by atoms with Crippen LogP contribution in [0.25, 0.3) is 22.6 Å². The lowest BCUT2D eigenvalue weighted by Gasteiger charge is -2.28. The molecule has 0 spiro atoms. The number of benzene rings is 2. The molecule has 2 aromatic carbocycles. The molecular weight excluding hydrogens is 408 g/mol. The van der Waals surface area contributed by atoms with Gasteiger partial charge in [0, 0.05) is 24.3 Å². The van der Waals surface area contributed by atoms with Gasteiger partial charge in [-0.05, 0) is 42.8 Å². The first kappa shape index (κ1) is 20.1. The normalized spacial score (nSPS) is 14.0. The molecule has 4 aromatic rings. The first-order chi connectivity index (χ1) is 15.6. The van der Waals surface area contributed by atoms with Gasteiger partial charge in [-0.1, -0.05) is 12.1 Å². The highest BCUT2D eigenvalue weighted by molar-refractivity contribution is 5.88. The molecule has 0 radical (unpaired) electrons. The van der Waals surface area contributed by atoms with Crippen LogP contribution in [0.15, 0.2) is 42.5 Å². The maximum atomic E-state index is 6.28. The van der Waals surface area contributed by atoms with E-state index < -0.39 is 0 Å². The van der Waals surface area contributed by atoms with Gasteiger partial charge in [0.2, 0.25) is 0 Å². The van der Waals surface area contributed by atoms with Gasteiger partial charge < -0.3 is 29.8 Å². The average molecular weight is 432 g/mol. The molecule has 0 amide bonds. The number of nitrogens with two attached hydrogens (primary N) is 1. The number of morpholine rings is 1. The van der Waals surface area contributed by atoms with Gasteiger partial charge in [-0.3, -0.25) is 0 Å². The van der Waals surface area contributed by atoms with Crippen molar-refractivity contribution in [2.24, 2.45) is 0 Å². The Labute approximate surface area is 185 Å². The Morgan fingerprint density at radius 1 is 1.00 bits per heavy atom. The van der Waals surface area contributed by atoms with Gasteiger partial charge in [-0.15, -0.1) is 0 Å². The Morgan fingerprint density at radius 3 is 2.47 bits per heavy atom. The van der Waals surface area contributed by atoms with Crippen molar-refractivity contribution in [3.8, 4) is 28.9 Å². The zero-order valence-corrected chi connectivity index (χ0v) is 18.0. The largest absolute Gasteiger partial charge is 0.497 e. The highest BCUT2D eigenvalue weighted by Gasteiger charge is 2.22. The van der Waals surface area contributed by atoms with E-state index in [9.17, 15) is 0 Å². The van der Waals surface area contributed by atoms with E-state index in [1.54, 1.807) is 7.11 Å². The zero-order chi connectivity index (χ0) is 22.1. The second kappa shape index (κ2) is 8.35. The molecular formula is C23H24N6O3. The summed E-state index contributed by atoms with van der Waals surface area (Å²) >= 11 is 0. The van der Waals surface area contributed by atoms with E-state index in [-0.39, 0.29) is 0 Å². The SMILES string of the molecule is COc1ccc(Oc2nc3nc(-c4c(C)cccc4N)nc(N4CCOCC4)c3[nH]2)cc1. The number of ether oxygens (including phenoxy) is 3. The molecule has 0 bridgehead atoms. The van der Waals surface area contributed by atoms with Gasteiger partial charge in [0.15, 0.2) is 17.3 Å². The lowest BCUT2D eigenvalue weighted by molar-refractivity contribution is 0.122. The van der Waals surface area contributed by atoms with E-state index in [2.05, 4.69) is 14.9 Å². The third-order valence-corrected chi connectivity index (χ3v) is 5.42. The van der Waals surface area contributed by atoms with Crippen LogP contribution in [0.1, 0.15) is 5.56 Å². The van der Waals surface area contributed by atoms with Gasteiger partial charge in [0.25, 0.3) is 0 Å². The number of aromatic amines is 1. The molecule has 0 aliphatic carbocycles. The third-order valence-electron chi connectivity index (χ3n) is 5.42. The molecule has 1 fully saturated rings. The molecule has 32 heavy (non-hydrogen) atoms. The van der Waals surface area contributed by atoms with E-state index in [0.29, 0.717) is 47.6 Å². The summed E-state index contributed by atoms with van der Waals surface area (Å²) in [7, 11) is 1.62. The van der Waals surface area contributed by atoms with Crippen LogP contribution >= 0.6 is 0 Å². The fourth-order valence-corrected chi connectivity index (χ4v) is 3.78. The molecule has 164 valence electrons. The van der Waals surface area contributed by atoms with Gasteiger partial charge in [-0.2, -0.15) is 4.98 Å². The molecule has 9 nitrogen and oxygen atoms in total. The molecule has 5 rings (SSSR count). The first-order valence-electron chi connectivity index (χ1n) is 10.4. The Balaban J connectivity index is 1.60. The standard InChI is InChI=1S/C23H24N6O3/c1-14-4-3-5-17(24)18(14)20-26-21-19(22(27-20)29-10-12-31-13-11-29)25-23(28-21)32-16-8-6-15(30-2)7-9-16/h3-9H,10-13,24H2,1-2H3,(H,25,26,27,28). The van der Waals surface area contributed by atoms with Gasteiger partial charge in [-0.25, -0.2) is 9.97 Å². The van der Waals surface area contributed by atoms with Crippen LogP contribution in [-0.2, 0) is 4.74 Å². The van der Waals surface area contributed by atoms with Crippen LogP contribution in [0.4, 0.5) is 11.5 Å². The number of anilines is 2. The summed E-state index contributed by atoms with van der Waals surface area (Å²) in [5, 5.41) is 0. The summed E-state index contributed by atoms with van der Waals surface area (Å²) in [6.45, 7) is 4.72. The Bertz CT molecular complexity index is 1230.